The van der Waals surface area contributed by atoms with Crippen molar-refractivity contribution < 1.29 is 13.9 Å². The number of amides is 1. The van der Waals surface area contributed by atoms with Gasteiger partial charge >= 0.3 is 0 Å². The SMILES string of the molecule is COc1ccc(-c2cn3c(C(=O)NC[C@@H]4CCNC4)csc3n2)cc1F. The van der Waals surface area contributed by atoms with Gasteiger partial charge in [0.1, 0.15) is 5.69 Å². The van der Waals surface area contributed by atoms with Crippen molar-refractivity contribution in [3.8, 4) is 17.0 Å². The van der Waals surface area contributed by atoms with E-state index in [1.807, 2.05) is 0 Å². The first-order valence-corrected chi connectivity index (χ1v) is 9.33. The molecule has 1 atom stereocenters. The summed E-state index contributed by atoms with van der Waals surface area (Å²) in [4.78, 5) is 17.7. The Balaban J connectivity index is 1.56. The Morgan fingerprint density at radius 1 is 1.54 bits per heavy atom. The molecule has 136 valence electrons. The van der Waals surface area contributed by atoms with Gasteiger partial charge in [0.25, 0.3) is 5.91 Å². The average Bonchev–Trinajstić information content (AvgIpc) is 3.36. The van der Waals surface area contributed by atoms with Crippen molar-refractivity contribution in [3.05, 3.63) is 41.3 Å². The number of imidazole rings is 1. The van der Waals surface area contributed by atoms with E-state index in [9.17, 15) is 9.18 Å². The number of carbonyl (C=O) groups is 1. The van der Waals surface area contributed by atoms with Crippen molar-refractivity contribution in [2.45, 2.75) is 6.42 Å². The highest BCUT2D eigenvalue weighted by Crippen LogP contribution is 2.27. The van der Waals surface area contributed by atoms with E-state index in [4.69, 9.17) is 4.74 Å². The Hall–Kier alpha value is -2.45. The van der Waals surface area contributed by atoms with Crippen LogP contribution in [-0.2, 0) is 0 Å². The lowest BCUT2D eigenvalue weighted by molar-refractivity contribution is 0.0942. The summed E-state index contributed by atoms with van der Waals surface area (Å²) in [6.07, 6.45) is 2.84. The summed E-state index contributed by atoms with van der Waals surface area (Å²) in [6, 6.07) is 4.71. The van der Waals surface area contributed by atoms with Crippen LogP contribution in [0.2, 0.25) is 0 Å². The maximum absolute atomic E-state index is 13.9. The highest BCUT2D eigenvalue weighted by molar-refractivity contribution is 7.15. The predicted octanol–water partition coefficient (Wildman–Crippen LogP) is 2.55. The molecule has 26 heavy (non-hydrogen) atoms. The van der Waals surface area contributed by atoms with Gasteiger partial charge in [0.05, 0.1) is 12.8 Å². The zero-order valence-corrected chi connectivity index (χ0v) is 15.1. The molecule has 1 aliphatic heterocycles. The van der Waals surface area contributed by atoms with E-state index in [0.717, 1.165) is 19.5 Å². The van der Waals surface area contributed by atoms with Gasteiger partial charge in [-0.25, -0.2) is 9.37 Å². The summed E-state index contributed by atoms with van der Waals surface area (Å²) in [5.74, 6) is 0.113. The summed E-state index contributed by atoms with van der Waals surface area (Å²) in [5, 5.41) is 8.08. The highest BCUT2D eigenvalue weighted by atomic mass is 32.1. The van der Waals surface area contributed by atoms with Crippen LogP contribution >= 0.6 is 11.3 Å². The number of nitrogens with one attached hydrogen (secondary N) is 2. The molecule has 4 rings (SSSR count). The van der Waals surface area contributed by atoms with Crippen molar-refractivity contribution in [1.29, 1.82) is 0 Å². The number of carbonyl (C=O) groups excluding carboxylic acids is 1. The monoisotopic (exact) mass is 374 g/mol. The summed E-state index contributed by atoms with van der Waals surface area (Å²) >= 11 is 1.39. The minimum absolute atomic E-state index is 0.118. The van der Waals surface area contributed by atoms with E-state index in [2.05, 4.69) is 15.6 Å². The molecule has 3 aromatic rings. The Bertz CT molecular complexity index is 946. The van der Waals surface area contributed by atoms with Crippen LogP contribution < -0.4 is 15.4 Å². The van der Waals surface area contributed by atoms with Gasteiger partial charge in [0.2, 0.25) is 0 Å². The number of ether oxygens (including phenoxy) is 1. The Morgan fingerprint density at radius 2 is 2.42 bits per heavy atom. The van der Waals surface area contributed by atoms with E-state index < -0.39 is 5.82 Å². The van der Waals surface area contributed by atoms with Crippen LogP contribution in [-0.4, -0.2) is 42.0 Å². The van der Waals surface area contributed by atoms with E-state index >= 15 is 0 Å². The normalized spacial score (nSPS) is 16.9. The minimum Gasteiger partial charge on any atom is -0.494 e. The second-order valence-electron chi connectivity index (χ2n) is 6.32. The molecular formula is C18H19FN4O2S. The van der Waals surface area contributed by atoms with Crippen LogP contribution in [0.25, 0.3) is 16.2 Å². The number of aromatic nitrogens is 2. The molecule has 0 bridgehead atoms. The molecule has 1 aromatic carbocycles. The smallest absolute Gasteiger partial charge is 0.269 e. The van der Waals surface area contributed by atoms with Crippen LogP contribution in [0, 0.1) is 11.7 Å². The molecule has 0 aliphatic carbocycles. The first-order valence-electron chi connectivity index (χ1n) is 8.45. The molecule has 0 unspecified atom stereocenters. The highest BCUT2D eigenvalue weighted by Gasteiger charge is 2.19. The van der Waals surface area contributed by atoms with Gasteiger partial charge < -0.3 is 15.4 Å². The molecule has 0 saturated carbocycles. The molecule has 3 heterocycles. The van der Waals surface area contributed by atoms with Gasteiger partial charge in [-0.1, -0.05) is 0 Å². The quantitative estimate of drug-likeness (QED) is 0.720. The topological polar surface area (TPSA) is 67.7 Å². The fourth-order valence-corrected chi connectivity index (χ4v) is 3.98. The Labute approximate surface area is 154 Å². The maximum Gasteiger partial charge on any atom is 0.269 e. The lowest BCUT2D eigenvalue weighted by atomic mass is 10.1. The van der Waals surface area contributed by atoms with Crippen LogP contribution in [0.5, 0.6) is 5.75 Å². The summed E-state index contributed by atoms with van der Waals surface area (Å²) < 4.78 is 20.6. The number of hydrogen-bond donors (Lipinski definition) is 2. The van der Waals surface area contributed by atoms with Gasteiger partial charge in [-0.05, 0) is 43.6 Å². The van der Waals surface area contributed by atoms with E-state index in [1.165, 1.54) is 24.5 Å². The third kappa shape index (κ3) is 3.17. The largest absolute Gasteiger partial charge is 0.494 e. The minimum atomic E-state index is -0.440. The van der Waals surface area contributed by atoms with Crippen molar-refractivity contribution in [2.24, 2.45) is 5.92 Å². The summed E-state index contributed by atoms with van der Waals surface area (Å²) in [5.41, 5.74) is 1.80. The number of methoxy groups -OCH3 is 1. The molecule has 0 radical (unpaired) electrons. The second-order valence-corrected chi connectivity index (χ2v) is 7.15. The lowest BCUT2D eigenvalue weighted by Gasteiger charge is -2.09. The van der Waals surface area contributed by atoms with Crippen molar-refractivity contribution in [3.63, 3.8) is 0 Å². The van der Waals surface area contributed by atoms with Crippen molar-refractivity contribution in [1.82, 2.24) is 20.0 Å². The maximum atomic E-state index is 13.9. The fourth-order valence-electron chi connectivity index (χ4n) is 3.13. The number of nitrogens with zero attached hydrogens (tertiary/aromatic N) is 2. The molecule has 1 aliphatic rings. The van der Waals surface area contributed by atoms with Crippen LogP contribution in [0.4, 0.5) is 4.39 Å². The van der Waals surface area contributed by atoms with Gasteiger partial charge in [0, 0.05) is 23.7 Å². The van der Waals surface area contributed by atoms with Gasteiger partial charge in [-0.15, -0.1) is 11.3 Å². The van der Waals surface area contributed by atoms with Crippen molar-refractivity contribution >= 4 is 22.2 Å². The van der Waals surface area contributed by atoms with Crippen molar-refractivity contribution in [2.75, 3.05) is 26.7 Å². The average molecular weight is 374 g/mol. The third-order valence-corrected chi connectivity index (χ3v) is 5.44. The number of rotatable bonds is 5. The molecule has 8 heteroatoms. The molecular weight excluding hydrogens is 355 g/mol. The lowest BCUT2D eigenvalue weighted by Crippen LogP contribution is -2.30. The summed E-state index contributed by atoms with van der Waals surface area (Å²) in [7, 11) is 1.43. The molecule has 2 N–H and O–H groups in total. The van der Waals surface area contributed by atoms with E-state index in [-0.39, 0.29) is 11.7 Å². The van der Waals surface area contributed by atoms with Gasteiger partial charge in [0.15, 0.2) is 16.5 Å². The zero-order valence-electron chi connectivity index (χ0n) is 14.3. The molecule has 2 aromatic heterocycles. The van der Waals surface area contributed by atoms with Gasteiger partial charge in [-0.2, -0.15) is 0 Å². The zero-order chi connectivity index (χ0) is 18.1. The number of hydrogen-bond acceptors (Lipinski definition) is 5. The molecule has 0 spiro atoms. The number of halogens is 1. The van der Waals surface area contributed by atoms with E-state index in [0.29, 0.717) is 34.4 Å². The first kappa shape index (κ1) is 17.0. The number of thiazole rings is 1. The Kier molecular flexibility index (Phi) is 4.60. The first-order chi connectivity index (χ1) is 12.7. The second kappa shape index (κ2) is 7.05. The summed E-state index contributed by atoms with van der Waals surface area (Å²) in [6.45, 7) is 2.61. The standard InChI is InChI=1S/C18H19FN4O2S/c1-25-16-3-2-12(6-13(16)19)14-9-23-15(10-26-18(23)22-14)17(24)21-8-11-4-5-20-7-11/h2-3,6,9-11,20H,4-5,7-8H2,1H3,(H,21,24)/t11-/m1/s1. The van der Waals surface area contributed by atoms with Crippen LogP contribution in [0.15, 0.2) is 29.8 Å². The van der Waals surface area contributed by atoms with Crippen LogP contribution in [0.3, 0.4) is 0 Å². The molecule has 6 nitrogen and oxygen atoms in total. The Morgan fingerprint density at radius 3 is 3.15 bits per heavy atom. The fraction of sp³-hybridized carbons (Fsp3) is 0.333. The molecule has 1 saturated heterocycles. The molecule has 1 fully saturated rings. The number of fused-ring (bicyclic) bond motifs is 1. The number of benzene rings is 1. The van der Waals surface area contributed by atoms with Crippen LogP contribution in [0.1, 0.15) is 16.9 Å². The third-order valence-electron chi connectivity index (χ3n) is 4.60. The predicted molar refractivity (Wildman–Crippen MR) is 98.3 cm³/mol. The molecule has 1 amide bonds. The van der Waals surface area contributed by atoms with E-state index in [1.54, 1.807) is 28.1 Å². The van der Waals surface area contributed by atoms with Gasteiger partial charge in [-0.3, -0.25) is 9.20 Å².